The lowest BCUT2D eigenvalue weighted by atomic mass is 9.76. The summed E-state index contributed by atoms with van der Waals surface area (Å²) in [5.74, 6) is -2.46. The number of benzene rings is 1. The van der Waals surface area contributed by atoms with Gasteiger partial charge in [0.05, 0.1) is 0 Å². The maximum Gasteiger partial charge on any atom is 0.194 e. The van der Waals surface area contributed by atoms with Crippen LogP contribution in [-0.4, -0.2) is 6.54 Å². The van der Waals surface area contributed by atoms with Crippen LogP contribution in [0.4, 0.5) is 13.2 Å². The Morgan fingerprint density at radius 2 is 1.62 bits per heavy atom. The molecule has 0 saturated heterocycles. The minimum absolute atomic E-state index is 0.0996. The maximum absolute atomic E-state index is 13.5. The molecule has 21 heavy (non-hydrogen) atoms. The molecule has 0 amide bonds. The number of rotatable bonds is 5. The topological polar surface area (TPSA) is 12.0 Å². The molecule has 0 bridgehead atoms. The predicted octanol–water partition coefficient (Wildman–Crippen LogP) is 4.97. The van der Waals surface area contributed by atoms with E-state index in [4.69, 9.17) is 0 Å². The van der Waals surface area contributed by atoms with Gasteiger partial charge in [-0.25, -0.2) is 13.2 Å². The molecule has 0 spiro atoms. The van der Waals surface area contributed by atoms with Crippen LogP contribution in [0.5, 0.6) is 0 Å². The predicted molar refractivity (Wildman–Crippen MR) is 78.5 cm³/mol. The van der Waals surface area contributed by atoms with E-state index in [1.165, 1.54) is 6.42 Å². The van der Waals surface area contributed by atoms with Crippen LogP contribution >= 0.6 is 0 Å². The molecule has 1 aromatic carbocycles. The largest absolute Gasteiger partial charge is 0.310 e. The van der Waals surface area contributed by atoms with Crippen LogP contribution in [0.3, 0.4) is 0 Å². The van der Waals surface area contributed by atoms with Crippen molar-refractivity contribution < 1.29 is 13.2 Å². The van der Waals surface area contributed by atoms with Gasteiger partial charge in [-0.15, -0.1) is 0 Å². The molecule has 1 aliphatic rings. The van der Waals surface area contributed by atoms with Gasteiger partial charge in [-0.2, -0.15) is 0 Å². The lowest BCUT2D eigenvalue weighted by Crippen LogP contribution is -2.31. The van der Waals surface area contributed by atoms with Crippen molar-refractivity contribution in [2.24, 2.45) is 11.8 Å². The summed E-state index contributed by atoms with van der Waals surface area (Å²) in [6, 6.07) is 2.17. The van der Waals surface area contributed by atoms with E-state index in [0.29, 0.717) is 11.5 Å². The first-order valence-corrected chi connectivity index (χ1v) is 7.94. The zero-order valence-electron chi connectivity index (χ0n) is 12.8. The number of halogens is 3. The molecular formula is C17H24F3N. The Labute approximate surface area is 124 Å². The molecule has 0 heterocycles. The minimum Gasteiger partial charge on any atom is -0.310 e. The molecule has 1 unspecified atom stereocenters. The Morgan fingerprint density at radius 1 is 1.05 bits per heavy atom. The third-order valence-electron chi connectivity index (χ3n) is 4.73. The van der Waals surface area contributed by atoms with Crippen molar-refractivity contribution in [3.05, 3.63) is 35.1 Å². The SMILES string of the molecule is CCNC(c1cc(F)c(F)c(F)c1)C1CCC(CC)CC1. The van der Waals surface area contributed by atoms with Crippen molar-refractivity contribution in [3.63, 3.8) is 0 Å². The highest BCUT2D eigenvalue weighted by Crippen LogP contribution is 2.38. The van der Waals surface area contributed by atoms with Gasteiger partial charge in [-0.3, -0.25) is 0 Å². The number of hydrogen-bond acceptors (Lipinski definition) is 1. The molecule has 1 aromatic rings. The first kappa shape index (κ1) is 16.3. The molecule has 4 heteroatoms. The lowest BCUT2D eigenvalue weighted by molar-refractivity contribution is 0.219. The Kier molecular flexibility index (Phi) is 5.68. The Morgan fingerprint density at radius 3 is 2.10 bits per heavy atom. The van der Waals surface area contributed by atoms with Gasteiger partial charge in [0.15, 0.2) is 17.5 Å². The van der Waals surface area contributed by atoms with Gasteiger partial charge in [0.1, 0.15) is 0 Å². The molecule has 1 atom stereocenters. The van der Waals surface area contributed by atoms with Crippen LogP contribution < -0.4 is 5.32 Å². The summed E-state index contributed by atoms with van der Waals surface area (Å²) in [4.78, 5) is 0. The molecule has 1 N–H and O–H groups in total. The van der Waals surface area contributed by atoms with Crippen LogP contribution in [-0.2, 0) is 0 Å². The molecule has 118 valence electrons. The molecule has 1 nitrogen and oxygen atoms in total. The van der Waals surface area contributed by atoms with Crippen LogP contribution in [0.2, 0.25) is 0 Å². The highest BCUT2D eigenvalue weighted by atomic mass is 19.2. The van der Waals surface area contributed by atoms with Gasteiger partial charge >= 0.3 is 0 Å². The smallest absolute Gasteiger partial charge is 0.194 e. The summed E-state index contributed by atoms with van der Waals surface area (Å²) in [5, 5.41) is 3.32. The van der Waals surface area contributed by atoms with Crippen LogP contribution in [0.1, 0.15) is 57.6 Å². The minimum atomic E-state index is -1.39. The van der Waals surface area contributed by atoms with Gasteiger partial charge < -0.3 is 5.32 Å². The van der Waals surface area contributed by atoms with Crippen LogP contribution in [0, 0.1) is 29.3 Å². The molecular weight excluding hydrogens is 275 g/mol. The number of nitrogens with one attached hydrogen (secondary N) is 1. The van der Waals surface area contributed by atoms with Crippen molar-refractivity contribution in [1.82, 2.24) is 5.32 Å². The summed E-state index contributed by atoms with van der Waals surface area (Å²) in [5.41, 5.74) is 0.521. The highest BCUT2D eigenvalue weighted by Gasteiger charge is 2.28. The average molecular weight is 299 g/mol. The zero-order valence-corrected chi connectivity index (χ0v) is 12.8. The standard InChI is InChI=1S/C17H24F3N/c1-3-11-5-7-12(8-6-11)17(21-4-2)13-9-14(18)16(20)15(19)10-13/h9-12,17,21H,3-8H2,1-2H3. The van der Waals surface area contributed by atoms with Crippen LogP contribution in [0.15, 0.2) is 12.1 Å². The fourth-order valence-corrected chi connectivity index (χ4v) is 3.46. The quantitative estimate of drug-likeness (QED) is 0.757. The van der Waals surface area contributed by atoms with Gasteiger partial charge in [-0.05, 0) is 48.9 Å². The first-order chi connectivity index (χ1) is 10.1. The summed E-state index contributed by atoms with van der Waals surface area (Å²) in [6.45, 7) is 4.90. The molecule has 0 radical (unpaired) electrons. The summed E-state index contributed by atoms with van der Waals surface area (Å²) in [6.07, 6.45) is 5.62. The summed E-state index contributed by atoms with van der Waals surface area (Å²) >= 11 is 0. The van der Waals surface area contributed by atoms with E-state index in [1.807, 2.05) is 6.92 Å². The fraction of sp³-hybridized carbons (Fsp3) is 0.647. The van der Waals surface area contributed by atoms with E-state index < -0.39 is 17.5 Å². The van der Waals surface area contributed by atoms with Crippen molar-refractivity contribution in [2.45, 2.75) is 52.0 Å². The van der Waals surface area contributed by atoms with Crippen LogP contribution in [0.25, 0.3) is 0 Å². The Hall–Kier alpha value is -1.03. The Balaban J connectivity index is 2.19. The summed E-state index contributed by atoms with van der Waals surface area (Å²) < 4.78 is 40.1. The second-order valence-corrected chi connectivity index (χ2v) is 6.02. The van der Waals surface area contributed by atoms with Gasteiger partial charge in [0.2, 0.25) is 0 Å². The number of hydrogen-bond donors (Lipinski definition) is 1. The fourth-order valence-electron chi connectivity index (χ4n) is 3.46. The van der Waals surface area contributed by atoms with Crippen molar-refractivity contribution in [1.29, 1.82) is 0 Å². The van der Waals surface area contributed by atoms with E-state index in [1.54, 1.807) is 0 Å². The monoisotopic (exact) mass is 299 g/mol. The van der Waals surface area contributed by atoms with Gasteiger partial charge in [-0.1, -0.05) is 33.1 Å². The second-order valence-electron chi connectivity index (χ2n) is 6.02. The first-order valence-electron chi connectivity index (χ1n) is 7.94. The van der Waals surface area contributed by atoms with Gasteiger partial charge in [0.25, 0.3) is 0 Å². The van der Waals surface area contributed by atoms with Crippen molar-refractivity contribution in [2.75, 3.05) is 6.54 Å². The Bertz CT molecular complexity index is 444. The summed E-state index contributed by atoms with van der Waals surface area (Å²) in [7, 11) is 0. The molecule has 0 aliphatic heterocycles. The highest BCUT2D eigenvalue weighted by molar-refractivity contribution is 5.23. The molecule has 1 aliphatic carbocycles. The lowest BCUT2D eigenvalue weighted by Gasteiger charge is -2.34. The average Bonchev–Trinajstić information content (AvgIpc) is 2.50. The third-order valence-corrected chi connectivity index (χ3v) is 4.73. The van der Waals surface area contributed by atoms with E-state index in [0.717, 1.165) is 50.3 Å². The van der Waals surface area contributed by atoms with E-state index in [9.17, 15) is 13.2 Å². The zero-order chi connectivity index (χ0) is 15.4. The third kappa shape index (κ3) is 3.79. The van der Waals surface area contributed by atoms with E-state index >= 15 is 0 Å². The molecule has 2 rings (SSSR count). The van der Waals surface area contributed by atoms with E-state index in [2.05, 4.69) is 12.2 Å². The van der Waals surface area contributed by atoms with Crippen molar-refractivity contribution in [3.8, 4) is 0 Å². The van der Waals surface area contributed by atoms with Gasteiger partial charge in [0, 0.05) is 6.04 Å². The maximum atomic E-state index is 13.5. The van der Waals surface area contributed by atoms with E-state index in [-0.39, 0.29) is 6.04 Å². The molecule has 0 aromatic heterocycles. The second kappa shape index (κ2) is 7.30. The normalized spacial score (nSPS) is 24.0. The van der Waals surface area contributed by atoms with Crippen molar-refractivity contribution >= 4 is 0 Å². The molecule has 1 fully saturated rings. The molecule has 1 saturated carbocycles.